The summed E-state index contributed by atoms with van der Waals surface area (Å²) in [6.07, 6.45) is 3.28. The molecular weight excluding hydrogens is 414 g/mol. The third kappa shape index (κ3) is 5.04. The number of hydrogen-bond donors (Lipinski definition) is 2. The minimum absolute atomic E-state index is 0.127. The number of hydrogen-bond acceptors (Lipinski definition) is 5. The molecule has 0 fully saturated rings. The smallest absolute Gasteiger partial charge is 0.265 e. The van der Waals surface area contributed by atoms with Gasteiger partial charge in [-0.1, -0.05) is 29.8 Å². The summed E-state index contributed by atoms with van der Waals surface area (Å²) >= 11 is 5.95. The lowest BCUT2D eigenvalue weighted by Crippen LogP contribution is -2.25. The van der Waals surface area contributed by atoms with E-state index in [9.17, 15) is 13.2 Å². The lowest BCUT2D eigenvalue weighted by Gasteiger charge is -2.14. The normalized spacial score (nSPS) is 11.0. The minimum atomic E-state index is -4.05. The van der Waals surface area contributed by atoms with E-state index in [-0.39, 0.29) is 33.5 Å². The molecule has 9 heteroatoms. The molecule has 29 heavy (non-hydrogen) atoms. The number of nitrogens with zero attached hydrogens (tertiary/aromatic N) is 1. The number of anilines is 1. The van der Waals surface area contributed by atoms with Crippen molar-refractivity contribution in [3.63, 3.8) is 0 Å². The van der Waals surface area contributed by atoms with Gasteiger partial charge in [0.05, 0.1) is 18.4 Å². The van der Waals surface area contributed by atoms with Gasteiger partial charge in [0.2, 0.25) is 0 Å². The molecule has 150 valence electrons. The quantitative estimate of drug-likeness (QED) is 0.597. The number of pyridine rings is 1. The van der Waals surface area contributed by atoms with Gasteiger partial charge < -0.3 is 10.1 Å². The van der Waals surface area contributed by atoms with Gasteiger partial charge in [0, 0.05) is 24.0 Å². The van der Waals surface area contributed by atoms with Crippen LogP contribution in [0.4, 0.5) is 5.69 Å². The third-order valence-electron chi connectivity index (χ3n) is 4.01. The molecule has 0 spiro atoms. The molecule has 2 N–H and O–H groups in total. The van der Waals surface area contributed by atoms with E-state index < -0.39 is 15.9 Å². The number of aromatic nitrogens is 1. The van der Waals surface area contributed by atoms with Crippen molar-refractivity contribution in [3.8, 4) is 5.75 Å². The Labute approximate surface area is 173 Å². The molecule has 0 radical (unpaired) electrons. The maximum atomic E-state index is 12.9. The van der Waals surface area contributed by atoms with Gasteiger partial charge in [-0.15, -0.1) is 0 Å². The van der Waals surface area contributed by atoms with Gasteiger partial charge in [0.15, 0.2) is 0 Å². The van der Waals surface area contributed by atoms with Gasteiger partial charge in [0.1, 0.15) is 10.6 Å². The Kier molecular flexibility index (Phi) is 6.36. The van der Waals surface area contributed by atoms with Crippen molar-refractivity contribution in [2.75, 3.05) is 11.8 Å². The van der Waals surface area contributed by atoms with Crippen LogP contribution in [-0.4, -0.2) is 26.4 Å². The van der Waals surface area contributed by atoms with Gasteiger partial charge in [-0.3, -0.25) is 14.5 Å². The Hall–Kier alpha value is -3.10. The number of benzene rings is 2. The highest BCUT2D eigenvalue weighted by Crippen LogP contribution is 2.29. The summed E-state index contributed by atoms with van der Waals surface area (Å²) in [5.74, 6) is -0.286. The Morgan fingerprint density at radius 2 is 1.93 bits per heavy atom. The minimum Gasteiger partial charge on any atom is -0.495 e. The summed E-state index contributed by atoms with van der Waals surface area (Å²) in [4.78, 5) is 16.5. The van der Waals surface area contributed by atoms with Crippen LogP contribution in [0.3, 0.4) is 0 Å². The van der Waals surface area contributed by atoms with Gasteiger partial charge in [-0.05, 0) is 42.0 Å². The topological polar surface area (TPSA) is 97.4 Å². The molecule has 0 atom stereocenters. The summed E-state index contributed by atoms with van der Waals surface area (Å²) in [5.41, 5.74) is 1.14. The molecule has 0 saturated heterocycles. The predicted molar refractivity (Wildman–Crippen MR) is 111 cm³/mol. The zero-order valence-electron chi connectivity index (χ0n) is 15.4. The maximum absolute atomic E-state index is 12.9. The number of halogens is 1. The molecule has 1 aromatic heterocycles. The predicted octanol–water partition coefficient (Wildman–Crippen LogP) is 3.47. The fourth-order valence-corrected chi connectivity index (χ4v) is 4.12. The molecule has 0 bridgehead atoms. The molecule has 7 nitrogen and oxygen atoms in total. The second-order valence-corrected chi connectivity index (χ2v) is 8.08. The molecule has 0 aliphatic rings. The van der Waals surface area contributed by atoms with Crippen LogP contribution in [0.25, 0.3) is 0 Å². The molecule has 2 aromatic carbocycles. The number of rotatable bonds is 7. The molecule has 3 rings (SSSR count). The van der Waals surface area contributed by atoms with E-state index in [1.165, 1.54) is 37.4 Å². The van der Waals surface area contributed by atoms with E-state index in [1.54, 1.807) is 30.6 Å². The van der Waals surface area contributed by atoms with Crippen molar-refractivity contribution in [2.45, 2.75) is 11.4 Å². The van der Waals surface area contributed by atoms with Crippen LogP contribution in [0.15, 0.2) is 71.9 Å². The van der Waals surface area contributed by atoms with Crippen LogP contribution in [0.2, 0.25) is 5.02 Å². The summed E-state index contributed by atoms with van der Waals surface area (Å²) in [6, 6.07) is 14.2. The van der Waals surface area contributed by atoms with Crippen LogP contribution in [0.1, 0.15) is 15.9 Å². The van der Waals surface area contributed by atoms with Gasteiger partial charge in [0.25, 0.3) is 15.9 Å². The molecule has 0 aliphatic heterocycles. The fourth-order valence-electron chi connectivity index (χ4n) is 2.61. The van der Waals surface area contributed by atoms with Gasteiger partial charge in [-0.25, -0.2) is 8.42 Å². The molecule has 1 heterocycles. The Balaban J connectivity index is 1.85. The van der Waals surface area contributed by atoms with Crippen LogP contribution in [-0.2, 0) is 16.6 Å². The first-order valence-corrected chi connectivity index (χ1v) is 10.4. The summed E-state index contributed by atoms with van der Waals surface area (Å²) in [6.45, 7) is 0.260. The first-order valence-electron chi connectivity index (χ1n) is 8.53. The lowest BCUT2D eigenvalue weighted by molar-refractivity contribution is 0.0952. The third-order valence-corrected chi connectivity index (χ3v) is 5.63. The highest BCUT2D eigenvalue weighted by Gasteiger charge is 2.22. The van der Waals surface area contributed by atoms with Crippen molar-refractivity contribution < 1.29 is 17.9 Å². The zero-order valence-corrected chi connectivity index (χ0v) is 17.0. The van der Waals surface area contributed by atoms with Crippen molar-refractivity contribution in [1.29, 1.82) is 0 Å². The second-order valence-electron chi connectivity index (χ2n) is 5.99. The highest BCUT2D eigenvalue weighted by atomic mass is 35.5. The van der Waals surface area contributed by atoms with Crippen molar-refractivity contribution in [1.82, 2.24) is 10.3 Å². The van der Waals surface area contributed by atoms with Crippen molar-refractivity contribution in [3.05, 3.63) is 83.1 Å². The molecule has 0 aliphatic carbocycles. The zero-order chi connectivity index (χ0) is 20.9. The van der Waals surface area contributed by atoms with Gasteiger partial charge >= 0.3 is 0 Å². The number of amides is 1. The lowest BCUT2D eigenvalue weighted by atomic mass is 10.1. The van der Waals surface area contributed by atoms with E-state index >= 15 is 0 Å². The first kappa shape index (κ1) is 20.6. The second kappa shape index (κ2) is 8.93. The number of carbonyl (C=O) groups excluding carboxylic acids is 1. The van der Waals surface area contributed by atoms with Crippen LogP contribution < -0.4 is 14.8 Å². The highest BCUT2D eigenvalue weighted by molar-refractivity contribution is 7.92. The Bertz CT molecular complexity index is 1120. The van der Waals surface area contributed by atoms with Crippen LogP contribution in [0, 0.1) is 0 Å². The van der Waals surface area contributed by atoms with E-state index in [1.807, 2.05) is 6.07 Å². The standard InChI is InChI=1S/C20H18ClN3O4S/c1-28-18-9-8-15(21)11-19(18)29(26,27)24-17-7-3-2-6-16(17)20(25)23-13-14-5-4-10-22-12-14/h2-12,24H,13H2,1H3,(H,23,25). The molecule has 0 saturated carbocycles. The monoisotopic (exact) mass is 431 g/mol. The van der Waals surface area contributed by atoms with Gasteiger partial charge in [-0.2, -0.15) is 0 Å². The van der Waals surface area contributed by atoms with E-state index in [0.29, 0.717) is 0 Å². The molecule has 3 aromatic rings. The first-order chi connectivity index (χ1) is 13.9. The molecule has 0 unspecified atom stereocenters. The van der Waals surface area contributed by atoms with E-state index in [0.717, 1.165) is 5.56 Å². The van der Waals surface area contributed by atoms with E-state index in [4.69, 9.17) is 16.3 Å². The molecular formula is C20H18ClN3O4S. The molecule has 1 amide bonds. The number of carbonyl (C=O) groups is 1. The maximum Gasteiger partial charge on any atom is 0.265 e. The van der Waals surface area contributed by atoms with Crippen molar-refractivity contribution in [2.24, 2.45) is 0 Å². The Morgan fingerprint density at radius 1 is 1.14 bits per heavy atom. The van der Waals surface area contributed by atoms with Crippen molar-refractivity contribution >= 4 is 33.2 Å². The van der Waals surface area contributed by atoms with Crippen LogP contribution in [0.5, 0.6) is 5.75 Å². The SMILES string of the molecule is COc1ccc(Cl)cc1S(=O)(=O)Nc1ccccc1C(=O)NCc1cccnc1. The largest absolute Gasteiger partial charge is 0.495 e. The fraction of sp³-hybridized carbons (Fsp3) is 0.100. The number of nitrogens with one attached hydrogen (secondary N) is 2. The average molecular weight is 432 g/mol. The van der Waals surface area contributed by atoms with E-state index in [2.05, 4.69) is 15.0 Å². The van der Waals surface area contributed by atoms with Crippen LogP contribution >= 0.6 is 11.6 Å². The number of sulfonamides is 1. The number of ether oxygens (including phenoxy) is 1. The summed E-state index contributed by atoms with van der Waals surface area (Å²) < 4.78 is 33.4. The average Bonchev–Trinajstić information content (AvgIpc) is 2.73. The summed E-state index contributed by atoms with van der Waals surface area (Å²) in [7, 11) is -2.69. The summed E-state index contributed by atoms with van der Waals surface area (Å²) in [5, 5.41) is 3.00. The number of methoxy groups -OCH3 is 1. The Morgan fingerprint density at radius 3 is 2.66 bits per heavy atom. The number of para-hydroxylation sites is 1.